The summed E-state index contributed by atoms with van der Waals surface area (Å²) >= 11 is 0. The van der Waals surface area contributed by atoms with Crippen LogP contribution in [0.5, 0.6) is 0 Å². The molecule has 0 heterocycles. The second-order valence-electron chi connectivity index (χ2n) is 6.83. The highest BCUT2D eigenvalue weighted by Crippen LogP contribution is 2.06. The molecule has 0 aromatic rings. The first kappa shape index (κ1) is 24.6. The Morgan fingerprint density at radius 2 is 1.19 bits per heavy atom. The Morgan fingerprint density at radius 3 is 1.65 bits per heavy atom. The van der Waals surface area contributed by atoms with E-state index < -0.39 is 6.10 Å². The molecule has 0 aliphatic heterocycles. The van der Waals surface area contributed by atoms with Crippen LogP contribution in [-0.2, 0) is 4.79 Å². The van der Waals surface area contributed by atoms with Crippen LogP contribution in [0.2, 0.25) is 0 Å². The lowest BCUT2D eigenvalue weighted by atomic mass is 10.1. The van der Waals surface area contributed by atoms with Gasteiger partial charge in [-0.2, -0.15) is 0 Å². The molecule has 2 nitrogen and oxygen atoms in total. The van der Waals surface area contributed by atoms with Gasteiger partial charge in [-0.25, -0.2) is 0 Å². The van der Waals surface area contributed by atoms with E-state index in [9.17, 15) is 4.79 Å². The van der Waals surface area contributed by atoms with Gasteiger partial charge in [-0.05, 0) is 58.3 Å². The predicted octanol–water partition coefficient (Wildman–Crippen LogP) is 6.86. The third-order valence-corrected chi connectivity index (χ3v) is 4.22. The maximum atomic E-state index is 11.2. The molecule has 1 unspecified atom stereocenters. The van der Waals surface area contributed by atoms with E-state index >= 15 is 0 Å². The summed E-state index contributed by atoms with van der Waals surface area (Å²) in [6.07, 6.45) is 29.9. The Bertz CT molecular complexity index is 427. The molecule has 0 rings (SSSR count). The maximum Gasteiger partial charge on any atom is 0.160 e. The molecule has 2 heteroatoms. The van der Waals surface area contributed by atoms with Gasteiger partial charge in [0.1, 0.15) is 6.10 Å². The molecule has 1 atom stereocenters. The first-order valence-electron chi connectivity index (χ1n) is 10.5. The fourth-order valence-electron chi connectivity index (χ4n) is 2.51. The molecule has 0 saturated carbocycles. The number of allylic oxidation sites excluding steroid dienone is 8. The van der Waals surface area contributed by atoms with E-state index in [0.29, 0.717) is 6.42 Å². The van der Waals surface area contributed by atoms with Gasteiger partial charge >= 0.3 is 0 Å². The molecule has 0 fully saturated rings. The van der Waals surface area contributed by atoms with Gasteiger partial charge in [0, 0.05) is 6.42 Å². The zero-order valence-corrected chi connectivity index (χ0v) is 17.0. The van der Waals surface area contributed by atoms with Crippen LogP contribution in [-0.4, -0.2) is 17.0 Å². The van der Waals surface area contributed by atoms with Crippen LogP contribution in [0.4, 0.5) is 0 Å². The number of Topliss-reactive ketones (excluding diaryl/α,β-unsaturated/α-hetero) is 1. The molecular formula is C24H40O2. The van der Waals surface area contributed by atoms with Gasteiger partial charge in [-0.15, -0.1) is 0 Å². The SMILES string of the molecule is CCCCCC=CCC=CCC=CCC=CCCCCCC(=O)C(C)O. The lowest BCUT2D eigenvalue weighted by Gasteiger charge is -2.02. The van der Waals surface area contributed by atoms with Crippen molar-refractivity contribution in [3.63, 3.8) is 0 Å². The van der Waals surface area contributed by atoms with Crippen LogP contribution in [0.1, 0.15) is 90.9 Å². The van der Waals surface area contributed by atoms with E-state index in [4.69, 9.17) is 5.11 Å². The van der Waals surface area contributed by atoms with Crippen molar-refractivity contribution in [2.45, 2.75) is 97.0 Å². The Morgan fingerprint density at radius 1 is 0.731 bits per heavy atom. The van der Waals surface area contributed by atoms with E-state index in [0.717, 1.165) is 44.9 Å². The zero-order valence-electron chi connectivity index (χ0n) is 17.0. The second kappa shape index (κ2) is 19.9. The van der Waals surface area contributed by atoms with Crippen LogP contribution in [0.3, 0.4) is 0 Å². The smallest absolute Gasteiger partial charge is 0.160 e. The van der Waals surface area contributed by atoms with Gasteiger partial charge < -0.3 is 5.11 Å². The summed E-state index contributed by atoms with van der Waals surface area (Å²) in [7, 11) is 0. The highest BCUT2D eigenvalue weighted by Gasteiger charge is 2.07. The molecule has 0 spiro atoms. The predicted molar refractivity (Wildman–Crippen MR) is 114 cm³/mol. The van der Waals surface area contributed by atoms with Crippen molar-refractivity contribution in [3.05, 3.63) is 48.6 Å². The van der Waals surface area contributed by atoms with Crippen LogP contribution < -0.4 is 0 Å². The number of aliphatic hydroxyl groups excluding tert-OH is 1. The van der Waals surface area contributed by atoms with Crippen molar-refractivity contribution in [3.8, 4) is 0 Å². The average Bonchev–Trinajstić information content (AvgIpc) is 2.63. The summed E-state index contributed by atoms with van der Waals surface area (Å²) in [4.78, 5) is 11.2. The molecule has 0 aromatic carbocycles. The van der Waals surface area contributed by atoms with Gasteiger partial charge in [-0.3, -0.25) is 4.79 Å². The summed E-state index contributed by atoms with van der Waals surface area (Å²) in [6.45, 7) is 3.78. The average molecular weight is 361 g/mol. The number of carbonyl (C=O) groups excluding carboxylic acids is 1. The molecule has 0 radical (unpaired) electrons. The molecular weight excluding hydrogens is 320 g/mol. The van der Waals surface area contributed by atoms with Gasteiger partial charge in [0.2, 0.25) is 0 Å². The first-order valence-corrected chi connectivity index (χ1v) is 10.5. The van der Waals surface area contributed by atoms with Crippen molar-refractivity contribution < 1.29 is 9.90 Å². The highest BCUT2D eigenvalue weighted by atomic mass is 16.3. The minimum atomic E-state index is -0.802. The van der Waals surface area contributed by atoms with Gasteiger partial charge in [0.05, 0.1) is 0 Å². The minimum Gasteiger partial charge on any atom is -0.386 e. The van der Waals surface area contributed by atoms with E-state index in [1.165, 1.54) is 25.7 Å². The molecule has 26 heavy (non-hydrogen) atoms. The number of rotatable bonds is 17. The van der Waals surface area contributed by atoms with Crippen molar-refractivity contribution in [2.75, 3.05) is 0 Å². The fourth-order valence-corrected chi connectivity index (χ4v) is 2.51. The largest absolute Gasteiger partial charge is 0.386 e. The van der Waals surface area contributed by atoms with Gasteiger partial charge in [0.15, 0.2) is 5.78 Å². The summed E-state index contributed by atoms with van der Waals surface area (Å²) in [5, 5.41) is 9.10. The number of aliphatic hydroxyl groups is 1. The number of unbranched alkanes of at least 4 members (excludes halogenated alkanes) is 6. The molecule has 0 aromatic heterocycles. The van der Waals surface area contributed by atoms with Crippen LogP contribution in [0.25, 0.3) is 0 Å². The number of hydrogen-bond donors (Lipinski definition) is 1. The van der Waals surface area contributed by atoms with Crippen molar-refractivity contribution in [1.82, 2.24) is 0 Å². The van der Waals surface area contributed by atoms with Crippen molar-refractivity contribution >= 4 is 5.78 Å². The minimum absolute atomic E-state index is 0.0391. The maximum absolute atomic E-state index is 11.2. The monoisotopic (exact) mass is 360 g/mol. The van der Waals surface area contributed by atoms with Crippen molar-refractivity contribution in [2.24, 2.45) is 0 Å². The quantitative estimate of drug-likeness (QED) is 0.227. The van der Waals surface area contributed by atoms with Gasteiger partial charge in [-0.1, -0.05) is 74.8 Å². The van der Waals surface area contributed by atoms with E-state index in [1.54, 1.807) is 6.92 Å². The highest BCUT2D eigenvalue weighted by molar-refractivity contribution is 5.82. The fraction of sp³-hybridized carbons (Fsp3) is 0.625. The van der Waals surface area contributed by atoms with Gasteiger partial charge in [0.25, 0.3) is 0 Å². The lowest BCUT2D eigenvalue weighted by molar-refractivity contribution is -0.126. The number of hydrogen-bond acceptors (Lipinski definition) is 2. The lowest BCUT2D eigenvalue weighted by Crippen LogP contribution is -2.15. The van der Waals surface area contributed by atoms with Crippen LogP contribution >= 0.6 is 0 Å². The van der Waals surface area contributed by atoms with Crippen LogP contribution in [0.15, 0.2) is 48.6 Å². The van der Waals surface area contributed by atoms with E-state index in [1.807, 2.05) is 0 Å². The molecule has 0 bridgehead atoms. The Kier molecular flexibility index (Phi) is 18.8. The topological polar surface area (TPSA) is 37.3 Å². The molecule has 148 valence electrons. The first-order chi connectivity index (χ1) is 12.7. The zero-order chi connectivity index (χ0) is 19.3. The normalized spacial score (nSPS) is 13.7. The summed E-state index contributed by atoms with van der Waals surface area (Å²) < 4.78 is 0. The van der Waals surface area contributed by atoms with Crippen molar-refractivity contribution in [1.29, 1.82) is 0 Å². The third-order valence-electron chi connectivity index (χ3n) is 4.22. The summed E-state index contributed by atoms with van der Waals surface area (Å²) in [5.41, 5.74) is 0. The third kappa shape index (κ3) is 18.9. The molecule has 0 aliphatic rings. The summed E-state index contributed by atoms with van der Waals surface area (Å²) in [5.74, 6) is -0.0391. The molecule has 0 saturated heterocycles. The molecule has 1 N–H and O–H groups in total. The van der Waals surface area contributed by atoms with E-state index in [2.05, 4.69) is 55.5 Å². The Balaban J connectivity index is 3.42. The second-order valence-corrected chi connectivity index (χ2v) is 6.83. The molecule has 0 amide bonds. The van der Waals surface area contributed by atoms with Crippen LogP contribution in [0, 0.1) is 0 Å². The summed E-state index contributed by atoms with van der Waals surface area (Å²) in [6, 6.07) is 0. The number of ketones is 1. The molecule has 0 aliphatic carbocycles. The Hall–Kier alpha value is -1.41. The van der Waals surface area contributed by atoms with E-state index in [-0.39, 0.29) is 5.78 Å². The number of carbonyl (C=O) groups is 1. The Labute approximate surface area is 161 Å². The standard InChI is InChI=1S/C24H40O2/c1-3-4-5-6-7-8-9-10-11-12-13-14-15-16-17-18-19-20-21-22-24(26)23(2)25/h7-8,10-11,13-14,16-17,23,25H,3-6,9,12,15,18-22H2,1-2H3.